The fraction of sp³-hybridized carbons (Fsp3) is 0.250. The fourth-order valence-corrected chi connectivity index (χ4v) is 2.41. The standard InChI is InChI=1S/C16H19ClN2/c1-10-4-6-13(8-12(10)3)16(19-18)15-9-14(17)7-5-11(15)2/h4-9,16,19H,18H2,1-3H3. The highest BCUT2D eigenvalue weighted by molar-refractivity contribution is 6.30. The van der Waals surface area contributed by atoms with Crippen molar-refractivity contribution >= 4 is 11.6 Å². The predicted molar refractivity (Wildman–Crippen MR) is 81.3 cm³/mol. The van der Waals surface area contributed by atoms with E-state index in [1.165, 1.54) is 16.7 Å². The van der Waals surface area contributed by atoms with Crippen LogP contribution in [-0.2, 0) is 0 Å². The van der Waals surface area contributed by atoms with Gasteiger partial charge in [0, 0.05) is 5.02 Å². The van der Waals surface area contributed by atoms with Crippen LogP contribution < -0.4 is 11.3 Å². The molecule has 2 nitrogen and oxygen atoms in total. The molecule has 0 amide bonds. The molecule has 0 saturated carbocycles. The molecule has 2 rings (SSSR count). The lowest BCUT2D eigenvalue weighted by atomic mass is 9.93. The highest BCUT2D eigenvalue weighted by Crippen LogP contribution is 2.27. The van der Waals surface area contributed by atoms with Crippen LogP contribution in [0.5, 0.6) is 0 Å². The lowest BCUT2D eigenvalue weighted by molar-refractivity contribution is 0.633. The normalized spacial score (nSPS) is 12.5. The van der Waals surface area contributed by atoms with Crippen molar-refractivity contribution in [3.8, 4) is 0 Å². The van der Waals surface area contributed by atoms with Crippen molar-refractivity contribution in [2.75, 3.05) is 0 Å². The minimum atomic E-state index is -0.0435. The number of hydrogen-bond acceptors (Lipinski definition) is 2. The molecule has 0 fully saturated rings. The third-order valence-electron chi connectivity index (χ3n) is 3.58. The van der Waals surface area contributed by atoms with Gasteiger partial charge in [0.05, 0.1) is 6.04 Å². The summed E-state index contributed by atoms with van der Waals surface area (Å²) < 4.78 is 0. The van der Waals surface area contributed by atoms with Gasteiger partial charge in [0.1, 0.15) is 0 Å². The second-order valence-corrected chi connectivity index (χ2v) is 5.38. The number of aryl methyl sites for hydroxylation is 3. The molecular formula is C16H19ClN2. The van der Waals surface area contributed by atoms with Gasteiger partial charge in [0.25, 0.3) is 0 Å². The van der Waals surface area contributed by atoms with Crippen LogP contribution in [0.1, 0.15) is 33.9 Å². The Morgan fingerprint density at radius 3 is 2.26 bits per heavy atom. The van der Waals surface area contributed by atoms with E-state index in [0.717, 1.165) is 16.1 Å². The van der Waals surface area contributed by atoms with Crippen molar-refractivity contribution in [1.82, 2.24) is 5.43 Å². The third kappa shape index (κ3) is 2.98. The van der Waals surface area contributed by atoms with Crippen molar-refractivity contribution in [3.63, 3.8) is 0 Å². The van der Waals surface area contributed by atoms with Crippen LogP contribution in [0.2, 0.25) is 5.02 Å². The Kier molecular flexibility index (Phi) is 4.25. The molecule has 0 aromatic heterocycles. The molecule has 2 aromatic carbocycles. The van der Waals surface area contributed by atoms with E-state index in [1.807, 2.05) is 18.2 Å². The maximum absolute atomic E-state index is 6.09. The van der Waals surface area contributed by atoms with Gasteiger partial charge in [-0.15, -0.1) is 0 Å². The van der Waals surface area contributed by atoms with Crippen LogP contribution in [-0.4, -0.2) is 0 Å². The number of halogens is 1. The second-order valence-electron chi connectivity index (χ2n) is 4.94. The van der Waals surface area contributed by atoms with Gasteiger partial charge in [-0.2, -0.15) is 0 Å². The molecule has 1 unspecified atom stereocenters. The van der Waals surface area contributed by atoms with Gasteiger partial charge in [-0.25, -0.2) is 5.43 Å². The van der Waals surface area contributed by atoms with Crippen molar-refractivity contribution in [3.05, 3.63) is 69.2 Å². The summed E-state index contributed by atoms with van der Waals surface area (Å²) in [5.41, 5.74) is 8.86. The smallest absolute Gasteiger partial charge is 0.0713 e. The minimum Gasteiger partial charge on any atom is -0.271 e. The van der Waals surface area contributed by atoms with E-state index in [2.05, 4.69) is 44.4 Å². The largest absolute Gasteiger partial charge is 0.271 e. The van der Waals surface area contributed by atoms with E-state index in [0.29, 0.717) is 0 Å². The van der Waals surface area contributed by atoms with Crippen LogP contribution in [0.3, 0.4) is 0 Å². The molecule has 0 aliphatic rings. The molecule has 1 atom stereocenters. The van der Waals surface area contributed by atoms with E-state index >= 15 is 0 Å². The van der Waals surface area contributed by atoms with Crippen LogP contribution >= 0.6 is 11.6 Å². The molecule has 100 valence electrons. The first kappa shape index (κ1) is 14.1. The van der Waals surface area contributed by atoms with Crippen LogP contribution in [0.15, 0.2) is 36.4 Å². The number of benzene rings is 2. The monoisotopic (exact) mass is 274 g/mol. The summed E-state index contributed by atoms with van der Waals surface area (Å²) >= 11 is 6.09. The van der Waals surface area contributed by atoms with Gasteiger partial charge in [-0.1, -0.05) is 35.9 Å². The summed E-state index contributed by atoms with van der Waals surface area (Å²) in [6.07, 6.45) is 0. The molecule has 0 saturated heterocycles. The molecule has 0 heterocycles. The van der Waals surface area contributed by atoms with Gasteiger partial charge in [-0.05, 0) is 60.7 Å². The number of nitrogens with two attached hydrogens (primary N) is 1. The van der Waals surface area contributed by atoms with Crippen LogP contribution in [0, 0.1) is 20.8 Å². The lowest BCUT2D eigenvalue weighted by Crippen LogP contribution is -2.29. The average molecular weight is 275 g/mol. The van der Waals surface area contributed by atoms with Crippen molar-refractivity contribution < 1.29 is 0 Å². The van der Waals surface area contributed by atoms with Crippen LogP contribution in [0.25, 0.3) is 0 Å². The SMILES string of the molecule is Cc1ccc(C(NN)c2cc(Cl)ccc2C)cc1C. The van der Waals surface area contributed by atoms with E-state index in [-0.39, 0.29) is 6.04 Å². The molecule has 3 N–H and O–H groups in total. The van der Waals surface area contributed by atoms with Crippen LogP contribution in [0.4, 0.5) is 0 Å². The maximum atomic E-state index is 6.09. The number of nitrogens with one attached hydrogen (secondary N) is 1. The Morgan fingerprint density at radius 1 is 0.947 bits per heavy atom. The predicted octanol–water partition coefficient (Wildman–Crippen LogP) is 3.82. The molecule has 0 radical (unpaired) electrons. The summed E-state index contributed by atoms with van der Waals surface area (Å²) in [5.74, 6) is 5.75. The zero-order valence-corrected chi connectivity index (χ0v) is 12.3. The Hall–Kier alpha value is -1.35. The van der Waals surface area contributed by atoms with Gasteiger partial charge in [0.15, 0.2) is 0 Å². The van der Waals surface area contributed by atoms with Gasteiger partial charge in [0.2, 0.25) is 0 Å². The number of hydrazine groups is 1. The zero-order valence-electron chi connectivity index (χ0n) is 11.5. The Balaban J connectivity index is 2.49. The first-order valence-corrected chi connectivity index (χ1v) is 6.70. The third-order valence-corrected chi connectivity index (χ3v) is 3.82. The molecule has 0 aliphatic heterocycles. The van der Waals surface area contributed by atoms with Gasteiger partial charge >= 0.3 is 0 Å². The first-order chi connectivity index (χ1) is 9.02. The topological polar surface area (TPSA) is 38.0 Å². The minimum absolute atomic E-state index is 0.0435. The number of rotatable bonds is 3. The summed E-state index contributed by atoms with van der Waals surface area (Å²) in [4.78, 5) is 0. The number of hydrogen-bond donors (Lipinski definition) is 2. The van der Waals surface area contributed by atoms with E-state index < -0.39 is 0 Å². The molecule has 0 spiro atoms. The zero-order chi connectivity index (χ0) is 14.0. The molecular weight excluding hydrogens is 256 g/mol. The summed E-state index contributed by atoms with van der Waals surface area (Å²) in [6.45, 7) is 6.28. The highest BCUT2D eigenvalue weighted by atomic mass is 35.5. The first-order valence-electron chi connectivity index (χ1n) is 6.32. The molecule has 3 heteroatoms. The molecule has 0 bridgehead atoms. The van der Waals surface area contributed by atoms with E-state index in [4.69, 9.17) is 17.4 Å². The van der Waals surface area contributed by atoms with Crippen molar-refractivity contribution in [2.45, 2.75) is 26.8 Å². The van der Waals surface area contributed by atoms with E-state index in [9.17, 15) is 0 Å². The van der Waals surface area contributed by atoms with E-state index in [1.54, 1.807) is 0 Å². The maximum Gasteiger partial charge on any atom is 0.0713 e. The second kappa shape index (κ2) is 5.74. The fourth-order valence-electron chi connectivity index (χ4n) is 2.23. The summed E-state index contributed by atoms with van der Waals surface area (Å²) in [5, 5.41) is 0.727. The molecule has 2 aromatic rings. The van der Waals surface area contributed by atoms with Crippen molar-refractivity contribution in [1.29, 1.82) is 0 Å². The molecule has 0 aliphatic carbocycles. The summed E-state index contributed by atoms with van der Waals surface area (Å²) in [6, 6.07) is 12.2. The van der Waals surface area contributed by atoms with Gasteiger partial charge in [-0.3, -0.25) is 5.84 Å². The summed E-state index contributed by atoms with van der Waals surface area (Å²) in [7, 11) is 0. The molecule has 19 heavy (non-hydrogen) atoms. The Bertz CT molecular complexity index is 593. The van der Waals surface area contributed by atoms with Gasteiger partial charge < -0.3 is 0 Å². The average Bonchev–Trinajstić information content (AvgIpc) is 2.38. The highest BCUT2D eigenvalue weighted by Gasteiger charge is 2.15. The van der Waals surface area contributed by atoms with Crippen molar-refractivity contribution in [2.24, 2.45) is 5.84 Å². The Labute approximate surface area is 119 Å². The Morgan fingerprint density at radius 2 is 1.63 bits per heavy atom. The lowest BCUT2D eigenvalue weighted by Gasteiger charge is -2.20. The quantitative estimate of drug-likeness (QED) is 0.660.